The highest BCUT2D eigenvalue weighted by Gasteiger charge is 2.26. The molecule has 0 spiro atoms. The van der Waals surface area contributed by atoms with Crippen molar-refractivity contribution in [2.24, 2.45) is 0 Å². The van der Waals surface area contributed by atoms with Gasteiger partial charge in [-0.15, -0.1) is 0 Å². The van der Waals surface area contributed by atoms with Crippen molar-refractivity contribution in [1.82, 2.24) is 10.3 Å². The molecule has 1 amide bonds. The lowest BCUT2D eigenvalue weighted by Crippen LogP contribution is -2.45. The summed E-state index contributed by atoms with van der Waals surface area (Å²) in [6.07, 6.45) is 1.87. The second-order valence-electron chi connectivity index (χ2n) is 6.10. The Labute approximate surface area is 134 Å². The summed E-state index contributed by atoms with van der Waals surface area (Å²) in [6, 6.07) is 6.58. The Morgan fingerprint density at radius 2 is 2.04 bits per heavy atom. The predicted molar refractivity (Wildman–Crippen MR) is 87.4 cm³/mol. The normalized spacial score (nSPS) is 12.8. The monoisotopic (exact) mass is 318 g/mol. The molecule has 1 aromatic carbocycles. The van der Waals surface area contributed by atoms with E-state index in [1.165, 1.54) is 0 Å². The minimum absolute atomic E-state index is 0.182. The fourth-order valence-corrected chi connectivity index (χ4v) is 2.22. The van der Waals surface area contributed by atoms with Crippen LogP contribution >= 0.6 is 0 Å². The fourth-order valence-electron chi connectivity index (χ4n) is 2.22. The number of amides is 1. The van der Waals surface area contributed by atoms with Crippen molar-refractivity contribution in [3.05, 3.63) is 36.0 Å². The van der Waals surface area contributed by atoms with Crippen LogP contribution in [-0.4, -0.2) is 33.8 Å². The standard InChI is InChI=1S/C17H22N2O4/c1-4-17(2,3)23-16(22)19-14(15(20)21)9-11-10-18-13-8-6-5-7-12(11)13/h5-8,10,14,18H,4,9H2,1-3H3,(H,19,22)(H,20,21). The SMILES string of the molecule is CCC(C)(C)OC(=O)NC(Cc1c[nH]c2ccccc12)C(=O)O. The molecule has 1 unspecified atom stereocenters. The molecule has 0 aliphatic rings. The van der Waals surface area contributed by atoms with Crippen molar-refractivity contribution in [2.75, 3.05) is 0 Å². The number of nitrogens with one attached hydrogen (secondary N) is 2. The number of ether oxygens (including phenoxy) is 1. The van der Waals surface area contributed by atoms with Crippen LogP contribution < -0.4 is 5.32 Å². The number of alkyl carbamates (subject to hydrolysis) is 1. The molecule has 6 nitrogen and oxygen atoms in total. The maximum atomic E-state index is 11.9. The minimum atomic E-state index is -1.10. The number of H-pyrrole nitrogens is 1. The van der Waals surface area contributed by atoms with Crippen LogP contribution in [0.2, 0.25) is 0 Å². The first-order chi connectivity index (χ1) is 10.8. The van der Waals surface area contributed by atoms with Crippen LogP contribution in [0, 0.1) is 0 Å². The van der Waals surface area contributed by atoms with Gasteiger partial charge in [0.15, 0.2) is 0 Å². The van der Waals surface area contributed by atoms with Gasteiger partial charge in [-0.1, -0.05) is 25.1 Å². The van der Waals surface area contributed by atoms with Gasteiger partial charge in [0.1, 0.15) is 11.6 Å². The number of carbonyl (C=O) groups excluding carboxylic acids is 1. The lowest BCUT2D eigenvalue weighted by Gasteiger charge is -2.24. The van der Waals surface area contributed by atoms with Gasteiger partial charge >= 0.3 is 12.1 Å². The Morgan fingerprint density at radius 3 is 2.70 bits per heavy atom. The molecule has 0 radical (unpaired) electrons. The lowest BCUT2D eigenvalue weighted by molar-refractivity contribution is -0.139. The second kappa shape index (κ2) is 6.73. The van der Waals surface area contributed by atoms with Gasteiger partial charge < -0.3 is 20.1 Å². The fraction of sp³-hybridized carbons (Fsp3) is 0.412. The number of hydrogen-bond donors (Lipinski definition) is 3. The van der Waals surface area contributed by atoms with Gasteiger partial charge in [-0.3, -0.25) is 0 Å². The highest BCUT2D eigenvalue weighted by atomic mass is 16.6. The molecule has 1 aromatic heterocycles. The third kappa shape index (κ3) is 4.25. The zero-order valence-corrected chi connectivity index (χ0v) is 13.6. The van der Waals surface area contributed by atoms with Crippen molar-refractivity contribution in [1.29, 1.82) is 0 Å². The number of aliphatic carboxylic acids is 1. The molecule has 2 rings (SSSR count). The van der Waals surface area contributed by atoms with Gasteiger partial charge in [-0.2, -0.15) is 0 Å². The third-order valence-electron chi connectivity index (χ3n) is 3.91. The predicted octanol–water partition coefficient (Wildman–Crippen LogP) is 3.08. The summed E-state index contributed by atoms with van der Waals surface area (Å²) < 4.78 is 5.25. The first kappa shape index (κ1) is 16.9. The maximum absolute atomic E-state index is 11.9. The number of aromatic amines is 1. The van der Waals surface area contributed by atoms with Crippen molar-refractivity contribution in [3.8, 4) is 0 Å². The highest BCUT2D eigenvalue weighted by molar-refractivity contribution is 5.85. The van der Waals surface area contributed by atoms with Crippen LogP contribution in [0.4, 0.5) is 4.79 Å². The average molecular weight is 318 g/mol. The number of hydrogen-bond acceptors (Lipinski definition) is 3. The summed E-state index contributed by atoms with van der Waals surface area (Å²) in [5.74, 6) is -1.10. The smallest absolute Gasteiger partial charge is 0.408 e. The van der Waals surface area contributed by atoms with Gasteiger partial charge in [0.2, 0.25) is 0 Å². The second-order valence-corrected chi connectivity index (χ2v) is 6.10. The van der Waals surface area contributed by atoms with Crippen LogP contribution in [0.1, 0.15) is 32.8 Å². The summed E-state index contributed by atoms with van der Waals surface area (Å²) in [7, 11) is 0. The zero-order chi connectivity index (χ0) is 17.0. The number of carboxylic acids is 1. The van der Waals surface area contributed by atoms with Crippen molar-refractivity contribution < 1.29 is 19.4 Å². The summed E-state index contributed by atoms with van der Waals surface area (Å²) >= 11 is 0. The van der Waals surface area contributed by atoms with E-state index in [2.05, 4.69) is 10.3 Å². The van der Waals surface area contributed by atoms with E-state index in [1.807, 2.05) is 31.2 Å². The first-order valence-electron chi connectivity index (χ1n) is 7.59. The molecule has 124 valence electrons. The molecular formula is C17H22N2O4. The summed E-state index contributed by atoms with van der Waals surface area (Å²) in [5, 5.41) is 12.8. The Kier molecular flexibility index (Phi) is 4.93. The quantitative estimate of drug-likeness (QED) is 0.763. The molecule has 1 atom stereocenters. The molecule has 0 fully saturated rings. The number of aromatic nitrogens is 1. The van der Waals surface area contributed by atoms with E-state index in [-0.39, 0.29) is 6.42 Å². The highest BCUT2D eigenvalue weighted by Crippen LogP contribution is 2.19. The van der Waals surface area contributed by atoms with Crippen LogP contribution in [0.5, 0.6) is 0 Å². The summed E-state index contributed by atoms with van der Waals surface area (Å²) in [6.45, 7) is 5.46. The summed E-state index contributed by atoms with van der Waals surface area (Å²) in [5.41, 5.74) is 1.14. The van der Waals surface area contributed by atoms with Crippen LogP contribution in [0.15, 0.2) is 30.5 Å². The van der Waals surface area contributed by atoms with Gasteiger partial charge in [0, 0.05) is 23.5 Å². The molecule has 3 N–H and O–H groups in total. The number of rotatable bonds is 6. The van der Waals surface area contributed by atoms with Gasteiger partial charge in [-0.25, -0.2) is 9.59 Å². The Morgan fingerprint density at radius 1 is 1.35 bits per heavy atom. The van der Waals surface area contributed by atoms with E-state index >= 15 is 0 Å². The average Bonchev–Trinajstić information content (AvgIpc) is 2.89. The number of benzene rings is 1. The van der Waals surface area contributed by atoms with Gasteiger partial charge in [0.25, 0.3) is 0 Å². The van der Waals surface area contributed by atoms with Crippen LogP contribution in [0.3, 0.4) is 0 Å². The zero-order valence-electron chi connectivity index (χ0n) is 13.6. The van der Waals surface area contributed by atoms with E-state index in [0.29, 0.717) is 6.42 Å². The third-order valence-corrected chi connectivity index (χ3v) is 3.91. The Balaban J connectivity index is 2.10. The van der Waals surface area contributed by atoms with Gasteiger partial charge in [-0.05, 0) is 31.9 Å². The topological polar surface area (TPSA) is 91.4 Å². The van der Waals surface area contributed by atoms with Crippen molar-refractivity contribution in [2.45, 2.75) is 45.3 Å². The number of carbonyl (C=O) groups is 2. The molecule has 2 aromatic rings. The summed E-state index contributed by atoms with van der Waals surface area (Å²) in [4.78, 5) is 26.5. The molecular weight excluding hydrogens is 296 g/mol. The first-order valence-corrected chi connectivity index (χ1v) is 7.59. The molecule has 1 heterocycles. The number of para-hydroxylation sites is 1. The number of fused-ring (bicyclic) bond motifs is 1. The van der Waals surface area contributed by atoms with E-state index in [9.17, 15) is 14.7 Å². The number of carboxylic acid groups (broad SMARTS) is 1. The molecule has 0 aliphatic carbocycles. The van der Waals surface area contributed by atoms with Crippen molar-refractivity contribution >= 4 is 23.0 Å². The molecule has 0 saturated heterocycles. The maximum Gasteiger partial charge on any atom is 0.408 e. The van der Waals surface area contributed by atoms with E-state index in [1.54, 1.807) is 20.0 Å². The molecule has 23 heavy (non-hydrogen) atoms. The molecule has 0 saturated carbocycles. The largest absolute Gasteiger partial charge is 0.480 e. The van der Waals surface area contributed by atoms with E-state index < -0.39 is 23.7 Å². The van der Waals surface area contributed by atoms with Gasteiger partial charge in [0.05, 0.1) is 0 Å². The van der Waals surface area contributed by atoms with Crippen molar-refractivity contribution in [3.63, 3.8) is 0 Å². The lowest BCUT2D eigenvalue weighted by atomic mass is 10.1. The van der Waals surface area contributed by atoms with Crippen LogP contribution in [0.25, 0.3) is 10.9 Å². The molecule has 0 aliphatic heterocycles. The van der Waals surface area contributed by atoms with E-state index in [0.717, 1.165) is 16.5 Å². The molecule has 6 heteroatoms. The molecule has 0 bridgehead atoms. The van der Waals surface area contributed by atoms with E-state index in [4.69, 9.17) is 4.74 Å². The van der Waals surface area contributed by atoms with Crippen LogP contribution in [-0.2, 0) is 16.0 Å². The Bertz CT molecular complexity index is 705. The minimum Gasteiger partial charge on any atom is -0.480 e. The Hall–Kier alpha value is -2.50.